The van der Waals surface area contributed by atoms with E-state index in [1.807, 2.05) is 12.1 Å². The number of rotatable bonds is 8. The molecule has 1 unspecified atom stereocenters. The van der Waals surface area contributed by atoms with Gasteiger partial charge in [0.2, 0.25) is 5.88 Å². The second kappa shape index (κ2) is 11.0. The second-order valence-electron chi connectivity index (χ2n) is 6.93. The molecule has 2 N–H and O–H groups in total. The van der Waals surface area contributed by atoms with E-state index in [9.17, 15) is 0 Å². The van der Waals surface area contributed by atoms with Crippen molar-refractivity contribution in [2.24, 2.45) is 10.9 Å². The summed E-state index contributed by atoms with van der Waals surface area (Å²) in [7, 11) is 1.61. The van der Waals surface area contributed by atoms with Gasteiger partial charge in [-0.2, -0.15) is 0 Å². The van der Waals surface area contributed by atoms with E-state index in [2.05, 4.69) is 46.3 Å². The quantitative estimate of drug-likeness (QED) is 0.539. The Hall–Kier alpha value is -1.86. The van der Waals surface area contributed by atoms with E-state index < -0.39 is 0 Å². The Bertz CT molecular complexity index is 547. The van der Waals surface area contributed by atoms with Crippen LogP contribution in [0.1, 0.15) is 26.3 Å². The van der Waals surface area contributed by atoms with E-state index >= 15 is 0 Å². The largest absolute Gasteiger partial charge is 0.481 e. The van der Waals surface area contributed by atoms with Gasteiger partial charge in [-0.1, -0.05) is 19.9 Å². The first-order valence-electron chi connectivity index (χ1n) is 9.45. The van der Waals surface area contributed by atoms with Crippen LogP contribution in [0.3, 0.4) is 0 Å². The molecule has 0 saturated carbocycles. The third-order valence-electron chi connectivity index (χ3n) is 4.11. The van der Waals surface area contributed by atoms with Crippen LogP contribution >= 0.6 is 0 Å². The zero-order valence-corrected chi connectivity index (χ0v) is 16.5. The van der Waals surface area contributed by atoms with Gasteiger partial charge in [0.15, 0.2) is 5.96 Å². The number of morpholine rings is 1. The van der Waals surface area contributed by atoms with E-state index in [0.717, 1.165) is 50.9 Å². The number of hydrogen-bond acceptors (Lipinski definition) is 5. The van der Waals surface area contributed by atoms with Crippen molar-refractivity contribution in [2.45, 2.75) is 33.4 Å². The average Bonchev–Trinajstić information content (AvgIpc) is 2.64. The molecule has 146 valence electrons. The van der Waals surface area contributed by atoms with Crippen LogP contribution in [-0.2, 0) is 11.3 Å². The Morgan fingerprint density at radius 3 is 2.92 bits per heavy atom. The minimum absolute atomic E-state index is 0.189. The van der Waals surface area contributed by atoms with E-state index in [1.54, 1.807) is 13.3 Å². The van der Waals surface area contributed by atoms with Crippen LogP contribution in [0, 0.1) is 5.92 Å². The first-order chi connectivity index (χ1) is 12.6. The van der Waals surface area contributed by atoms with Crippen LogP contribution in [0.25, 0.3) is 0 Å². The zero-order valence-electron chi connectivity index (χ0n) is 16.5. The number of ether oxygens (including phenoxy) is 2. The van der Waals surface area contributed by atoms with Crippen molar-refractivity contribution in [1.29, 1.82) is 0 Å². The standard InChI is InChI=1S/C19H33N5O2/c1-5-20-19(22-11-16-6-7-18(25-4)21-10-16)23-12-17-14-24(8-9-26-17)13-15(2)3/h6-7,10,15,17H,5,8-9,11-14H2,1-4H3,(H2,20,22,23). The highest BCUT2D eigenvalue weighted by Crippen LogP contribution is 2.08. The molecule has 1 aliphatic heterocycles. The Balaban J connectivity index is 1.84. The van der Waals surface area contributed by atoms with Crippen molar-refractivity contribution in [3.05, 3.63) is 23.9 Å². The number of methoxy groups -OCH3 is 1. The monoisotopic (exact) mass is 363 g/mol. The van der Waals surface area contributed by atoms with Crippen LogP contribution in [0.5, 0.6) is 5.88 Å². The molecule has 0 amide bonds. The number of hydrogen-bond donors (Lipinski definition) is 2. The van der Waals surface area contributed by atoms with Gasteiger partial charge >= 0.3 is 0 Å². The van der Waals surface area contributed by atoms with Crippen LogP contribution < -0.4 is 15.4 Å². The molecule has 7 nitrogen and oxygen atoms in total. The molecule has 2 heterocycles. The number of nitrogens with one attached hydrogen (secondary N) is 2. The molecular weight excluding hydrogens is 330 g/mol. The van der Waals surface area contributed by atoms with Crippen LogP contribution in [-0.4, -0.2) is 68.4 Å². The number of aliphatic imine (C=N–C) groups is 1. The van der Waals surface area contributed by atoms with Gasteiger partial charge in [-0.3, -0.25) is 4.90 Å². The summed E-state index contributed by atoms with van der Waals surface area (Å²) in [5, 5.41) is 6.68. The van der Waals surface area contributed by atoms with Crippen molar-refractivity contribution in [2.75, 3.05) is 46.4 Å². The molecule has 1 fully saturated rings. The first-order valence-corrected chi connectivity index (χ1v) is 9.45. The van der Waals surface area contributed by atoms with E-state index in [4.69, 9.17) is 9.47 Å². The maximum atomic E-state index is 5.90. The molecule has 1 aromatic heterocycles. The smallest absolute Gasteiger partial charge is 0.212 e. The van der Waals surface area contributed by atoms with Gasteiger partial charge in [-0.05, 0) is 18.4 Å². The average molecular weight is 364 g/mol. The molecule has 0 radical (unpaired) electrons. The predicted octanol–water partition coefficient (Wildman–Crippen LogP) is 1.50. The van der Waals surface area contributed by atoms with Crippen LogP contribution in [0.15, 0.2) is 23.3 Å². The number of guanidine groups is 1. The summed E-state index contributed by atoms with van der Waals surface area (Å²) < 4.78 is 11.0. The first kappa shape index (κ1) is 20.5. The SMILES string of the molecule is CCNC(=NCc1ccc(OC)nc1)NCC1CN(CC(C)C)CCO1. The molecule has 7 heteroatoms. The fourth-order valence-electron chi connectivity index (χ4n) is 2.93. The minimum Gasteiger partial charge on any atom is -0.481 e. The summed E-state index contributed by atoms with van der Waals surface area (Å²) in [5.41, 5.74) is 1.04. The third kappa shape index (κ3) is 7.17. The summed E-state index contributed by atoms with van der Waals surface area (Å²) >= 11 is 0. The Morgan fingerprint density at radius 2 is 2.27 bits per heavy atom. The Kier molecular flexibility index (Phi) is 8.64. The fraction of sp³-hybridized carbons (Fsp3) is 0.684. The molecule has 1 aliphatic rings. The highest BCUT2D eigenvalue weighted by molar-refractivity contribution is 5.79. The lowest BCUT2D eigenvalue weighted by molar-refractivity contribution is -0.0284. The second-order valence-corrected chi connectivity index (χ2v) is 6.93. The topological polar surface area (TPSA) is 71.0 Å². The van der Waals surface area contributed by atoms with Crippen LogP contribution in [0.2, 0.25) is 0 Å². The maximum Gasteiger partial charge on any atom is 0.212 e. The molecule has 0 bridgehead atoms. The highest BCUT2D eigenvalue weighted by Gasteiger charge is 2.21. The van der Waals surface area contributed by atoms with Gasteiger partial charge in [0.1, 0.15) is 0 Å². The lowest BCUT2D eigenvalue weighted by Crippen LogP contribution is -2.50. The van der Waals surface area contributed by atoms with Crippen molar-refractivity contribution in [3.8, 4) is 5.88 Å². The molecule has 0 aromatic carbocycles. The van der Waals surface area contributed by atoms with Gasteiger partial charge in [0, 0.05) is 45.0 Å². The molecule has 1 saturated heterocycles. The summed E-state index contributed by atoms with van der Waals surface area (Å²) in [4.78, 5) is 11.3. The van der Waals surface area contributed by atoms with Crippen molar-refractivity contribution in [1.82, 2.24) is 20.5 Å². The van der Waals surface area contributed by atoms with Gasteiger partial charge in [-0.15, -0.1) is 0 Å². The molecule has 0 aliphatic carbocycles. The number of nitrogens with zero attached hydrogens (tertiary/aromatic N) is 3. The molecule has 2 rings (SSSR count). The summed E-state index contributed by atoms with van der Waals surface area (Å²) in [5.74, 6) is 2.09. The zero-order chi connectivity index (χ0) is 18.8. The summed E-state index contributed by atoms with van der Waals surface area (Å²) in [6, 6.07) is 3.83. The number of aromatic nitrogens is 1. The molecule has 0 spiro atoms. The van der Waals surface area contributed by atoms with E-state index in [1.165, 1.54) is 0 Å². The van der Waals surface area contributed by atoms with Crippen LogP contribution in [0.4, 0.5) is 0 Å². The number of pyridine rings is 1. The highest BCUT2D eigenvalue weighted by atomic mass is 16.5. The molecule has 1 aromatic rings. The van der Waals surface area contributed by atoms with Gasteiger partial charge in [-0.25, -0.2) is 9.98 Å². The van der Waals surface area contributed by atoms with Crippen molar-refractivity contribution >= 4 is 5.96 Å². The summed E-state index contributed by atoms with van der Waals surface area (Å²) in [6.07, 6.45) is 1.98. The normalized spacial score (nSPS) is 18.8. The summed E-state index contributed by atoms with van der Waals surface area (Å²) in [6.45, 7) is 12.6. The predicted molar refractivity (Wildman–Crippen MR) is 105 cm³/mol. The van der Waals surface area contributed by atoms with Gasteiger partial charge in [0.25, 0.3) is 0 Å². The third-order valence-corrected chi connectivity index (χ3v) is 4.11. The van der Waals surface area contributed by atoms with Gasteiger partial charge < -0.3 is 20.1 Å². The maximum absolute atomic E-state index is 5.90. The van der Waals surface area contributed by atoms with Gasteiger partial charge in [0.05, 0.1) is 26.4 Å². The Morgan fingerprint density at radius 1 is 1.42 bits per heavy atom. The Labute approximate surface area is 157 Å². The molecule has 26 heavy (non-hydrogen) atoms. The molecule has 1 atom stereocenters. The van der Waals surface area contributed by atoms with Crippen molar-refractivity contribution in [3.63, 3.8) is 0 Å². The lowest BCUT2D eigenvalue weighted by Gasteiger charge is -2.34. The molecular formula is C19H33N5O2. The minimum atomic E-state index is 0.189. The van der Waals surface area contributed by atoms with E-state index in [-0.39, 0.29) is 6.10 Å². The lowest BCUT2D eigenvalue weighted by atomic mass is 10.2. The fourth-order valence-corrected chi connectivity index (χ4v) is 2.93. The van der Waals surface area contributed by atoms with E-state index in [0.29, 0.717) is 18.3 Å². The van der Waals surface area contributed by atoms with Crippen molar-refractivity contribution < 1.29 is 9.47 Å².